The monoisotopic (exact) mass is 493 g/mol. The fourth-order valence-corrected chi connectivity index (χ4v) is 6.24. The van der Waals surface area contributed by atoms with Gasteiger partial charge in [0.1, 0.15) is 9.71 Å². The van der Waals surface area contributed by atoms with Crippen LogP contribution in [0.5, 0.6) is 0 Å². The van der Waals surface area contributed by atoms with Crippen LogP contribution in [0.25, 0.3) is 20.7 Å². The molecule has 168 valence electrons. The first-order chi connectivity index (χ1) is 16.0. The average Bonchev–Trinajstić information content (AvgIpc) is 3.55. The molecule has 4 aromatic rings. The van der Waals surface area contributed by atoms with E-state index in [0.29, 0.717) is 23.7 Å². The minimum absolute atomic E-state index is 0.367. The molecule has 0 saturated heterocycles. The summed E-state index contributed by atoms with van der Waals surface area (Å²) >= 11 is 8.61. The van der Waals surface area contributed by atoms with Gasteiger partial charge in [-0.25, -0.2) is 4.98 Å². The molecule has 6 nitrogen and oxygen atoms in total. The standard InChI is InChI=1S/C24H23N5OS3/c25-20-19-18(17-9-5-11-32-17)15-12-29(13-16(15)28-23(19)33-21(20)22(26)30)24(31)27-10-4-8-14-6-2-1-3-7-14/h1-3,5-7,9,11H,4,8,10,12-13,25H2,(H2,26,30)(H,27,31). The second-order valence-electron chi connectivity index (χ2n) is 7.96. The predicted molar refractivity (Wildman–Crippen MR) is 140 cm³/mol. The van der Waals surface area contributed by atoms with E-state index in [1.165, 1.54) is 16.9 Å². The predicted octanol–water partition coefficient (Wildman–Crippen LogP) is 4.53. The topological polar surface area (TPSA) is 97.3 Å². The van der Waals surface area contributed by atoms with Crippen molar-refractivity contribution in [3.8, 4) is 10.4 Å². The van der Waals surface area contributed by atoms with E-state index in [2.05, 4.69) is 40.5 Å². The van der Waals surface area contributed by atoms with Gasteiger partial charge >= 0.3 is 0 Å². The van der Waals surface area contributed by atoms with Gasteiger partial charge in [-0.1, -0.05) is 36.4 Å². The molecule has 3 aromatic heterocycles. The molecule has 9 heteroatoms. The Hall–Kier alpha value is -3.01. The van der Waals surface area contributed by atoms with Crippen LogP contribution in [0.1, 0.15) is 32.9 Å². The number of nitrogens with two attached hydrogens (primary N) is 2. The maximum Gasteiger partial charge on any atom is 0.260 e. The maximum absolute atomic E-state index is 11.9. The minimum Gasteiger partial charge on any atom is -0.397 e. The number of thiocarbonyl (C=S) groups is 1. The third-order valence-corrected chi connectivity index (χ3v) is 8.20. The van der Waals surface area contributed by atoms with Gasteiger partial charge < -0.3 is 21.7 Å². The molecule has 0 saturated carbocycles. The summed E-state index contributed by atoms with van der Waals surface area (Å²) in [6, 6.07) is 14.6. The van der Waals surface area contributed by atoms with E-state index >= 15 is 0 Å². The number of aryl methyl sites for hydroxylation is 1. The first-order valence-electron chi connectivity index (χ1n) is 10.7. The van der Waals surface area contributed by atoms with Crippen molar-refractivity contribution >= 4 is 61.8 Å². The van der Waals surface area contributed by atoms with E-state index in [0.717, 1.165) is 56.4 Å². The second-order valence-corrected chi connectivity index (χ2v) is 10.3. The van der Waals surface area contributed by atoms with Gasteiger partial charge in [-0.3, -0.25) is 4.79 Å². The van der Waals surface area contributed by atoms with Crippen molar-refractivity contribution in [1.82, 2.24) is 15.2 Å². The number of anilines is 1. The van der Waals surface area contributed by atoms with Crippen molar-refractivity contribution in [2.45, 2.75) is 25.9 Å². The molecule has 0 unspecified atom stereocenters. The number of hydrogen-bond acceptors (Lipinski definition) is 6. The molecule has 1 amide bonds. The number of primary amides is 1. The molecule has 33 heavy (non-hydrogen) atoms. The first kappa shape index (κ1) is 21.8. The van der Waals surface area contributed by atoms with E-state index in [-0.39, 0.29) is 0 Å². The Balaban J connectivity index is 1.37. The number of pyridine rings is 1. The molecule has 1 aromatic carbocycles. The fourth-order valence-electron chi connectivity index (χ4n) is 4.23. The summed E-state index contributed by atoms with van der Waals surface area (Å²) in [4.78, 5) is 21.1. The number of thiophene rings is 2. The van der Waals surface area contributed by atoms with Crippen LogP contribution in [0.3, 0.4) is 0 Å². The van der Waals surface area contributed by atoms with Crippen molar-refractivity contribution in [2.75, 3.05) is 12.3 Å². The average molecular weight is 494 g/mol. The summed E-state index contributed by atoms with van der Waals surface area (Å²) in [5.74, 6) is -0.518. The van der Waals surface area contributed by atoms with Gasteiger partial charge in [-0.15, -0.1) is 22.7 Å². The Morgan fingerprint density at radius 2 is 2.00 bits per heavy atom. The van der Waals surface area contributed by atoms with Crippen LogP contribution in [0.2, 0.25) is 0 Å². The normalized spacial score (nSPS) is 12.8. The number of amides is 1. The van der Waals surface area contributed by atoms with Gasteiger partial charge in [-0.2, -0.15) is 0 Å². The zero-order valence-electron chi connectivity index (χ0n) is 17.8. The number of hydrogen-bond donors (Lipinski definition) is 3. The van der Waals surface area contributed by atoms with Crippen LogP contribution in [0.15, 0.2) is 47.8 Å². The second kappa shape index (κ2) is 9.09. The van der Waals surface area contributed by atoms with Gasteiger partial charge in [0, 0.05) is 34.5 Å². The smallest absolute Gasteiger partial charge is 0.260 e. The molecule has 4 heterocycles. The highest BCUT2D eigenvalue weighted by molar-refractivity contribution is 7.80. The highest BCUT2D eigenvalue weighted by Crippen LogP contribution is 2.45. The summed E-state index contributed by atoms with van der Waals surface area (Å²) < 4.78 is 0. The number of benzene rings is 1. The van der Waals surface area contributed by atoms with Crippen molar-refractivity contribution < 1.29 is 4.79 Å². The molecule has 0 atom stereocenters. The number of nitrogen functional groups attached to an aromatic ring is 1. The van der Waals surface area contributed by atoms with Gasteiger partial charge in [0.05, 0.1) is 17.9 Å². The van der Waals surface area contributed by atoms with Crippen LogP contribution < -0.4 is 16.8 Å². The maximum atomic E-state index is 11.9. The van der Waals surface area contributed by atoms with Crippen LogP contribution in [0, 0.1) is 0 Å². The SMILES string of the molecule is NC(=O)c1sc2nc3c(c(-c4cccs4)c2c1N)CN(C(=S)NCCCc1ccccc1)C3. The van der Waals surface area contributed by atoms with Crippen LogP contribution in [-0.4, -0.2) is 27.4 Å². The van der Waals surface area contributed by atoms with Crippen molar-refractivity contribution in [3.05, 3.63) is 69.5 Å². The number of fused-ring (bicyclic) bond motifs is 2. The lowest BCUT2D eigenvalue weighted by molar-refractivity contribution is 0.100. The number of nitrogens with one attached hydrogen (secondary N) is 1. The third-order valence-electron chi connectivity index (χ3n) is 5.79. The first-order valence-corrected chi connectivity index (χ1v) is 12.8. The zero-order valence-corrected chi connectivity index (χ0v) is 20.3. The molecule has 0 radical (unpaired) electrons. The largest absolute Gasteiger partial charge is 0.397 e. The summed E-state index contributed by atoms with van der Waals surface area (Å²) in [5.41, 5.74) is 16.8. The van der Waals surface area contributed by atoms with Crippen molar-refractivity contribution in [1.29, 1.82) is 0 Å². The van der Waals surface area contributed by atoms with E-state index in [4.69, 9.17) is 28.7 Å². The molecule has 5 rings (SSSR count). The van der Waals surface area contributed by atoms with Crippen molar-refractivity contribution in [3.63, 3.8) is 0 Å². The van der Waals surface area contributed by atoms with Gasteiger partial charge in [0.2, 0.25) is 0 Å². The molecular formula is C24H23N5OS3. The highest BCUT2D eigenvalue weighted by Gasteiger charge is 2.30. The summed E-state index contributed by atoms with van der Waals surface area (Å²) in [6.07, 6.45) is 2.02. The molecule has 0 fully saturated rings. The van der Waals surface area contributed by atoms with Crippen LogP contribution >= 0.6 is 34.9 Å². The van der Waals surface area contributed by atoms with Crippen LogP contribution in [0.4, 0.5) is 5.69 Å². The minimum atomic E-state index is -0.518. The molecule has 5 N–H and O–H groups in total. The third kappa shape index (κ3) is 4.19. The summed E-state index contributed by atoms with van der Waals surface area (Å²) in [5, 5.41) is 6.99. The van der Waals surface area contributed by atoms with Gasteiger partial charge in [0.25, 0.3) is 5.91 Å². The lowest BCUT2D eigenvalue weighted by Gasteiger charge is -2.19. The van der Waals surface area contributed by atoms with Crippen LogP contribution in [-0.2, 0) is 19.5 Å². The Labute approximate surface area is 205 Å². The Morgan fingerprint density at radius 1 is 1.18 bits per heavy atom. The quantitative estimate of drug-likeness (QED) is 0.270. The van der Waals surface area contributed by atoms with E-state index < -0.39 is 5.91 Å². The molecule has 1 aliphatic heterocycles. The van der Waals surface area contributed by atoms with Gasteiger partial charge in [0.15, 0.2) is 5.11 Å². The number of carbonyl (C=O) groups excluding carboxylic acids is 1. The highest BCUT2D eigenvalue weighted by atomic mass is 32.1. The number of aromatic nitrogens is 1. The fraction of sp³-hybridized carbons (Fsp3) is 0.208. The lowest BCUT2D eigenvalue weighted by atomic mass is 10.0. The molecule has 0 aliphatic carbocycles. The van der Waals surface area contributed by atoms with Crippen molar-refractivity contribution in [2.24, 2.45) is 5.73 Å². The van der Waals surface area contributed by atoms with E-state index in [9.17, 15) is 4.79 Å². The molecular weight excluding hydrogens is 470 g/mol. The Bertz CT molecular complexity index is 1330. The molecule has 0 bridgehead atoms. The molecule has 1 aliphatic rings. The summed E-state index contributed by atoms with van der Waals surface area (Å²) in [7, 11) is 0. The number of rotatable bonds is 6. The zero-order chi connectivity index (χ0) is 22.9. The van der Waals surface area contributed by atoms with Gasteiger partial charge in [-0.05, 0) is 42.1 Å². The molecule has 0 spiro atoms. The van der Waals surface area contributed by atoms with E-state index in [1.807, 2.05) is 17.5 Å². The number of carbonyl (C=O) groups is 1. The lowest BCUT2D eigenvalue weighted by Crippen LogP contribution is -2.36. The number of nitrogens with zero attached hydrogens (tertiary/aromatic N) is 2. The summed E-state index contributed by atoms with van der Waals surface area (Å²) in [6.45, 7) is 2.09. The van der Waals surface area contributed by atoms with E-state index in [1.54, 1.807) is 11.3 Å². The Morgan fingerprint density at radius 3 is 2.73 bits per heavy atom. The Kier molecular flexibility index (Phi) is 6.01.